The van der Waals surface area contributed by atoms with Crippen LogP contribution in [-0.2, 0) is 13.0 Å². The molecule has 0 saturated carbocycles. The van der Waals surface area contributed by atoms with Crippen molar-refractivity contribution in [2.75, 3.05) is 0 Å². The second-order valence-corrected chi connectivity index (χ2v) is 8.13. The van der Waals surface area contributed by atoms with Gasteiger partial charge >= 0.3 is 0 Å². The summed E-state index contributed by atoms with van der Waals surface area (Å²) in [5.74, 6) is 0. The molecule has 0 fully saturated rings. The van der Waals surface area contributed by atoms with Crippen LogP contribution >= 0.6 is 15.9 Å². The minimum absolute atomic E-state index is 0.710. The van der Waals surface area contributed by atoms with Crippen LogP contribution < -0.4 is 0 Å². The molecule has 5 rings (SSSR count). The number of nitrogens with zero attached hydrogens (tertiary/aromatic N) is 4. The van der Waals surface area contributed by atoms with E-state index in [4.69, 9.17) is 0 Å². The van der Waals surface area contributed by atoms with Crippen molar-refractivity contribution in [1.29, 1.82) is 5.26 Å². The number of hydrogen-bond donors (Lipinski definition) is 0. The summed E-state index contributed by atoms with van der Waals surface area (Å²) in [6.07, 6.45) is 10.4. The molecule has 28 heavy (non-hydrogen) atoms. The first-order valence-electron chi connectivity index (χ1n) is 9.61. The Bertz CT molecular complexity index is 1190. The fraction of sp³-hybridized carbons (Fsp3) is 0.217. The molecule has 0 radical (unpaired) electrons. The number of nitriles is 1. The quantitative estimate of drug-likeness (QED) is 0.379. The van der Waals surface area contributed by atoms with Gasteiger partial charge in [-0.2, -0.15) is 10.4 Å². The Hall–Kier alpha value is -2.84. The number of halogens is 1. The van der Waals surface area contributed by atoms with Crippen molar-refractivity contribution < 1.29 is 0 Å². The van der Waals surface area contributed by atoms with Crippen molar-refractivity contribution in [3.63, 3.8) is 0 Å². The van der Waals surface area contributed by atoms with Gasteiger partial charge in [0.2, 0.25) is 0 Å². The minimum atomic E-state index is 0.710. The monoisotopic (exact) mass is 430 g/mol. The fourth-order valence-electron chi connectivity index (χ4n) is 4.20. The third-order valence-electron chi connectivity index (χ3n) is 5.56. The minimum Gasteiger partial charge on any atom is -0.321 e. The highest BCUT2D eigenvalue weighted by atomic mass is 79.9. The van der Waals surface area contributed by atoms with Crippen LogP contribution in [0.4, 0.5) is 0 Å². The van der Waals surface area contributed by atoms with Gasteiger partial charge in [0.25, 0.3) is 0 Å². The molecule has 4 nitrogen and oxygen atoms in total. The summed E-state index contributed by atoms with van der Waals surface area (Å²) < 4.78 is 5.07. The van der Waals surface area contributed by atoms with Crippen LogP contribution in [0.1, 0.15) is 30.4 Å². The van der Waals surface area contributed by atoms with Gasteiger partial charge < -0.3 is 4.57 Å². The fourth-order valence-corrected chi connectivity index (χ4v) is 4.69. The van der Waals surface area contributed by atoms with E-state index < -0.39 is 0 Å². The first-order chi connectivity index (χ1) is 13.8. The predicted molar refractivity (Wildman–Crippen MR) is 114 cm³/mol. The second-order valence-electron chi connectivity index (χ2n) is 7.27. The SMILES string of the molecule is N#Cc1c(-n2cc3ccccc3c2)ccc2c1-c1c(Br)cnn1CCCCC2. The van der Waals surface area contributed by atoms with Crippen LogP contribution in [0.5, 0.6) is 0 Å². The first-order valence-corrected chi connectivity index (χ1v) is 10.4. The van der Waals surface area contributed by atoms with Crippen molar-refractivity contribution in [3.8, 4) is 23.0 Å². The van der Waals surface area contributed by atoms with Crippen LogP contribution in [0.25, 0.3) is 27.7 Å². The van der Waals surface area contributed by atoms with Crippen LogP contribution in [0.2, 0.25) is 0 Å². The van der Waals surface area contributed by atoms with Crippen molar-refractivity contribution in [3.05, 3.63) is 70.6 Å². The van der Waals surface area contributed by atoms with Gasteiger partial charge in [-0.05, 0) is 57.6 Å². The molecule has 3 heterocycles. The summed E-state index contributed by atoms with van der Waals surface area (Å²) in [6.45, 7) is 0.878. The van der Waals surface area contributed by atoms with Gasteiger partial charge in [-0.3, -0.25) is 4.68 Å². The number of hydrogen-bond acceptors (Lipinski definition) is 2. The zero-order valence-electron chi connectivity index (χ0n) is 15.4. The van der Waals surface area contributed by atoms with E-state index in [2.05, 4.69) is 68.3 Å². The Morgan fingerprint density at radius 2 is 1.79 bits per heavy atom. The summed E-state index contributed by atoms with van der Waals surface area (Å²) in [4.78, 5) is 0. The molecular formula is C23H19BrN4. The van der Waals surface area contributed by atoms with Crippen LogP contribution in [-0.4, -0.2) is 14.3 Å². The number of aryl methyl sites for hydroxylation is 2. The van der Waals surface area contributed by atoms with Crippen molar-refractivity contribution in [1.82, 2.24) is 14.3 Å². The third-order valence-corrected chi connectivity index (χ3v) is 6.14. The van der Waals surface area contributed by atoms with Crippen LogP contribution in [0.15, 0.2) is 59.5 Å². The Kier molecular flexibility index (Phi) is 4.29. The molecule has 4 aromatic rings. The number of aromatic nitrogens is 3. The van der Waals surface area contributed by atoms with Gasteiger partial charge in [0, 0.05) is 24.5 Å². The molecule has 0 atom stereocenters. The van der Waals surface area contributed by atoms with Gasteiger partial charge in [0.1, 0.15) is 6.07 Å². The Balaban J connectivity index is 1.80. The maximum atomic E-state index is 10.2. The third kappa shape index (κ3) is 2.76. The lowest BCUT2D eigenvalue weighted by molar-refractivity contribution is 0.554. The first kappa shape index (κ1) is 17.3. The lowest BCUT2D eigenvalue weighted by Gasteiger charge is -2.16. The largest absolute Gasteiger partial charge is 0.321 e. The highest BCUT2D eigenvalue weighted by Crippen LogP contribution is 2.38. The second kappa shape index (κ2) is 6.96. The smallest absolute Gasteiger partial charge is 0.102 e. The molecule has 1 aliphatic heterocycles. The standard InChI is InChI=1S/C23H19BrN4/c24-20-13-26-28-11-5-1-2-6-16-9-10-21(19(12-25)22(16)23(20)28)27-14-17-7-3-4-8-18(17)15-27/h3-4,7-10,13-15H,1-2,5-6,11H2. The van der Waals surface area contributed by atoms with Gasteiger partial charge in [-0.1, -0.05) is 36.8 Å². The van der Waals surface area contributed by atoms with Crippen molar-refractivity contribution in [2.24, 2.45) is 0 Å². The summed E-state index contributed by atoms with van der Waals surface area (Å²) in [5, 5.41) is 17.1. The molecule has 0 unspecified atom stereocenters. The molecule has 1 aliphatic rings. The van der Waals surface area contributed by atoms with E-state index in [1.807, 2.05) is 23.0 Å². The van der Waals surface area contributed by atoms with Crippen molar-refractivity contribution in [2.45, 2.75) is 32.2 Å². The molecule has 0 amide bonds. The van der Waals surface area contributed by atoms with Gasteiger partial charge in [0.15, 0.2) is 0 Å². The normalized spacial score (nSPS) is 13.9. The zero-order chi connectivity index (χ0) is 19.1. The molecule has 138 valence electrons. The van der Waals surface area contributed by atoms with E-state index in [1.165, 1.54) is 22.8 Å². The van der Waals surface area contributed by atoms with Gasteiger partial charge in [0.05, 0.1) is 27.6 Å². The van der Waals surface area contributed by atoms with Crippen LogP contribution in [0.3, 0.4) is 0 Å². The molecule has 2 aromatic heterocycles. The summed E-state index contributed by atoms with van der Waals surface area (Å²) in [5.41, 5.74) is 4.89. The molecule has 0 N–H and O–H groups in total. The summed E-state index contributed by atoms with van der Waals surface area (Å²) in [7, 11) is 0. The lowest BCUT2D eigenvalue weighted by atomic mass is 9.94. The van der Waals surface area contributed by atoms with E-state index in [0.717, 1.165) is 47.2 Å². The Morgan fingerprint density at radius 1 is 1.00 bits per heavy atom. The molecule has 0 bridgehead atoms. The maximum Gasteiger partial charge on any atom is 0.102 e. The van der Waals surface area contributed by atoms with E-state index in [-0.39, 0.29) is 0 Å². The highest BCUT2D eigenvalue weighted by Gasteiger charge is 2.23. The van der Waals surface area contributed by atoms with E-state index in [9.17, 15) is 5.26 Å². The number of rotatable bonds is 1. The topological polar surface area (TPSA) is 46.5 Å². The summed E-state index contributed by atoms with van der Waals surface area (Å²) >= 11 is 3.68. The molecule has 2 aromatic carbocycles. The molecule has 0 aliphatic carbocycles. The highest BCUT2D eigenvalue weighted by molar-refractivity contribution is 9.10. The number of benzene rings is 2. The average molecular weight is 431 g/mol. The maximum absolute atomic E-state index is 10.2. The van der Waals surface area contributed by atoms with Crippen LogP contribution in [0, 0.1) is 11.3 Å². The van der Waals surface area contributed by atoms with Crippen molar-refractivity contribution >= 4 is 26.7 Å². The molecule has 0 spiro atoms. The molecule has 5 heteroatoms. The van der Waals surface area contributed by atoms with Gasteiger partial charge in [-0.15, -0.1) is 0 Å². The molecular weight excluding hydrogens is 412 g/mol. The summed E-state index contributed by atoms with van der Waals surface area (Å²) in [6, 6.07) is 15.1. The Labute approximate surface area is 172 Å². The van der Waals surface area contributed by atoms with E-state index >= 15 is 0 Å². The zero-order valence-corrected chi connectivity index (χ0v) is 17.0. The lowest BCUT2D eigenvalue weighted by Crippen LogP contribution is -2.06. The van der Waals surface area contributed by atoms with Gasteiger partial charge in [-0.25, -0.2) is 0 Å². The molecule has 0 saturated heterocycles. The predicted octanol–water partition coefficient (Wildman–Crippen LogP) is 5.85. The average Bonchev–Trinajstić information content (AvgIpc) is 3.31. The Morgan fingerprint density at radius 3 is 2.54 bits per heavy atom. The van der Waals surface area contributed by atoms with E-state index in [0.29, 0.717) is 5.56 Å². The number of fused-ring (bicyclic) bond motifs is 4. The van der Waals surface area contributed by atoms with E-state index in [1.54, 1.807) is 0 Å².